The Kier molecular flexibility index (Phi) is 4.14. The van der Waals surface area contributed by atoms with Gasteiger partial charge >= 0.3 is 0 Å². The first-order chi connectivity index (χ1) is 14.7. The number of methoxy groups -OCH3 is 3. The summed E-state index contributed by atoms with van der Waals surface area (Å²) < 4.78 is 17.7. The smallest absolute Gasteiger partial charge is 0.0822 e. The number of fused-ring (bicyclic) bond motifs is 2. The minimum Gasteiger partial charge on any atom is -0.392 e. The van der Waals surface area contributed by atoms with Crippen LogP contribution in [-0.2, 0) is 14.2 Å². The van der Waals surface area contributed by atoms with Crippen LogP contribution in [0.4, 0.5) is 0 Å². The van der Waals surface area contributed by atoms with E-state index < -0.39 is 40.2 Å². The van der Waals surface area contributed by atoms with Crippen LogP contribution in [0.25, 0.3) is 0 Å². The van der Waals surface area contributed by atoms with Crippen LogP contribution in [0.5, 0.6) is 0 Å². The van der Waals surface area contributed by atoms with E-state index >= 15 is 0 Å². The van der Waals surface area contributed by atoms with Crippen molar-refractivity contribution in [1.29, 1.82) is 0 Å². The summed E-state index contributed by atoms with van der Waals surface area (Å²) in [5.74, 6) is -1.33. The van der Waals surface area contributed by atoms with Gasteiger partial charge in [-0.25, -0.2) is 0 Å². The lowest BCUT2D eigenvalue weighted by molar-refractivity contribution is -0.314. The largest absolute Gasteiger partial charge is 0.392 e. The van der Waals surface area contributed by atoms with Gasteiger partial charge in [-0.2, -0.15) is 0 Å². The predicted molar refractivity (Wildman–Crippen MR) is 110 cm³/mol. The second kappa shape index (κ2) is 6.04. The summed E-state index contributed by atoms with van der Waals surface area (Å²) in [6, 6.07) is 0. The molecule has 31 heavy (non-hydrogen) atoms. The lowest BCUT2D eigenvalue weighted by Gasteiger charge is -2.66. The SMILES string of the molecule is CC[C@@]12C[C@@]3(COC)CC[C@H](O)[C@@]14[C@H]3[C@H](OC)[C@H]2[C@]1(O)C[C@@H](OC)[C@H]2C[C@@]4(O)[C@H]1[C@@H]2O. The highest BCUT2D eigenvalue weighted by atomic mass is 16.5. The molecule has 0 aromatic carbocycles. The number of rotatable bonds is 5. The van der Waals surface area contributed by atoms with Gasteiger partial charge < -0.3 is 34.6 Å². The standard InChI is InChI=1S/C24H38O7/c1-5-21-10-20(11-29-2)7-6-14(25)24(21)18(20)16(31-4)19(21)22(27)9-13(30-3)12-8-23(24,28)17(22)15(12)26/h12-19,25-28H,5-11H2,1-4H3/t12-,13-,14+,15-,16+,17+,18+,19-,20-,21+,22+,23-,24-/m1/s1. The van der Waals surface area contributed by atoms with Gasteiger partial charge in [-0.15, -0.1) is 0 Å². The zero-order chi connectivity index (χ0) is 22.2. The van der Waals surface area contributed by atoms with Gasteiger partial charge in [-0.05, 0) is 37.5 Å². The van der Waals surface area contributed by atoms with E-state index in [1.165, 1.54) is 0 Å². The van der Waals surface area contributed by atoms with E-state index in [-0.39, 0.29) is 35.4 Å². The second-order valence-electron chi connectivity index (χ2n) is 11.8. The maximum absolute atomic E-state index is 12.7. The van der Waals surface area contributed by atoms with Crippen molar-refractivity contribution in [3.8, 4) is 0 Å². The molecule has 6 aliphatic rings. The van der Waals surface area contributed by atoms with Gasteiger partial charge in [0.15, 0.2) is 0 Å². The summed E-state index contributed by atoms with van der Waals surface area (Å²) >= 11 is 0. The lowest BCUT2D eigenvalue weighted by atomic mass is 9.41. The zero-order valence-corrected chi connectivity index (χ0v) is 19.1. The van der Waals surface area contributed by atoms with Gasteiger partial charge in [0.25, 0.3) is 0 Å². The van der Waals surface area contributed by atoms with Crippen molar-refractivity contribution in [2.45, 2.75) is 81.1 Å². The fourth-order valence-corrected chi connectivity index (χ4v) is 11.6. The molecule has 0 aliphatic heterocycles. The summed E-state index contributed by atoms with van der Waals surface area (Å²) in [5.41, 5.74) is -4.19. The normalized spacial score (nSPS) is 65.4. The lowest BCUT2D eigenvalue weighted by Crippen LogP contribution is -2.75. The van der Waals surface area contributed by atoms with Crippen LogP contribution in [-0.4, -0.2) is 84.0 Å². The van der Waals surface area contributed by atoms with Crippen LogP contribution < -0.4 is 0 Å². The van der Waals surface area contributed by atoms with Crippen molar-refractivity contribution in [3.05, 3.63) is 0 Å². The summed E-state index contributed by atoms with van der Waals surface area (Å²) in [6.07, 6.45) is 1.54. The topological polar surface area (TPSA) is 109 Å². The number of aliphatic hydroxyl groups is 4. The third-order valence-electron chi connectivity index (χ3n) is 11.6. The van der Waals surface area contributed by atoms with Crippen molar-refractivity contribution in [2.24, 2.45) is 39.9 Å². The molecule has 0 aromatic rings. The molecular weight excluding hydrogens is 400 g/mol. The van der Waals surface area contributed by atoms with Gasteiger partial charge in [0.2, 0.25) is 0 Å². The Hall–Kier alpha value is -0.280. The van der Waals surface area contributed by atoms with Crippen molar-refractivity contribution in [2.75, 3.05) is 27.9 Å². The molecule has 0 unspecified atom stereocenters. The molecule has 6 saturated carbocycles. The molecule has 1 spiro atoms. The van der Waals surface area contributed by atoms with Gasteiger partial charge in [0, 0.05) is 62.3 Å². The average molecular weight is 439 g/mol. The highest BCUT2D eigenvalue weighted by Gasteiger charge is 2.95. The highest BCUT2D eigenvalue weighted by Crippen LogP contribution is 2.90. The minimum atomic E-state index is -1.38. The van der Waals surface area contributed by atoms with Crippen LogP contribution in [0, 0.1) is 39.9 Å². The fourth-order valence-electron chi connectivity index (χ4n) is 11.6. The van der Waals surface area contributed by atoms with E-state index in [2.05, 4.69) is 6.92 Å². The first-order valence-corrected chi connectivity index (χ1v) is 12.0. The maximum atomic E-state index is 12.7. The maximum Gasteiger partial charge on any atom is 0.0822 e. The third-order valence-corrected chi connectivity index (χ3v) is 11.6. The molecule has 6 aliphatic carbocycles. The van der Waals surface area contributed by atoms with Gasteiger partial charge in [0.1, 0.15) is 0 Å². The number of ether oxygens (including phenoxy) is 3. The van der Waals surface area contributed by atoms with Crippen LogP contribution in [0.2, 0.25) is 0 Å². The van der Waals surface area contributed by atoms with Crippen LogP contribution in [0.1, 0.15) is 45.4 Å². The monoisotopic (exact) mass is 438 g/mol. The molecule has 0 radical (unpaired) electrons. The van der Waals surface area contributed by atoms with E-state index in [9.17, 15) is 20.4 Å². The molecule has 0 aromatic heterocycles. The third kappa shape index (κ3) is 1.80. The van der Waals surface area contributed by atoms with Gasteiger partial charge in [-0.1, -0.05) is 6.92 Å². The van der Waals surface area contributed by atoms with E-state index in [0.29, 0.717) is 25.9 Å². The van der Waals surface area contributed by atoms with E-state index in [1.54, 1.807) is 21.3 Å². The van der Waals surface area contributed by atoms with Crippen LogP contribution in [0.15, 0.2) is 0 Å². The molecule has 7 bridgehead atoms. The van der Waals surface area contributed by atoms with E-state index in [0.717, 1.165) is 19.3 Å². The molecule has 0 heterocycles. The molecule has 0 amide bonds. The summed E-state index contributed by atoms with van der Waals surface area (Å²) in [4.78, 5) is 0. The summed E-state index contributed by atoms with van der Waals surface area (Å²) in [5, 5.41) is 48.4. The Morgan fingerprint density at radius 1 is 0.968 bits per heavy atom. The molecule has 7 heteroatoms. The first-order valence-electron chi connectivity index (χ1n) is 12.0. The Balaban J connectivity index is 1.68. The number of hydrogen-bond acceptors (Lipinski definition) is 7. The van der Waals surface area contributed by atoms with E-state index in [4.69, 9.17) is 14.2 Å². The summed E-state index contributed by atoms with van der Waals surface area (Å²) in [6.45, 7) is 2.70. The first kappa shape index (κ1) is 21.3. The van der Waals surface area contributed by atoms with Gasteiger partial charge in [-0.3, -0.25) is 0 Å². The highest BCUT2D eigenvalue weighted by molar-refractivity contribution is 5.43. The molecule has 7 nitrogen and oxygen atoms in total. The number of hydrogen-bond donors (Lipinski definition) is 4. The Morgan fingerprint density at radius 2 is 1.71 bits per heavy atom. The Labute approximate surface area is 184 Å². The molecule has 0 saturated heterocycles. The molecular formula is C24H38O7. The minimum absolute atomic E-state index is 0.120. The zero-order valence-electron chi connectivity index (χ0n) is 19.1. The average Bonchev–Trinajstić information content (AvgIpc) is 3.21. The second-order valence-corrected chi connectivity index (χ2v) is 11.8. The molecule has 6 fully saturated rings. The molecule has 13 atom stereocenters. The van der Waals surface area contributed by atoms with Crippen LogP contribution in [0.3, 0.4) is 0 Å². The predicted octanol–water partition coefficient (Wildman–Crippen LogP) is 0.713. The quantitative estimate of drug-likeness (QED) is 0.501. The molecule has 176 valence electrons. The van der Waals surface area contributed by atoms with Gasteiger partial charge in [0.05, 0.1) is 42.2 Å². The van der Waals surface area contributed by atoms with Crippen molar-refractivity contribution in [1.82, 2.24) is 0 Å². The van der Waals surface area contributed by atoms with Crippen molar-refractivity contribution >= 4 is 0 Å². The Morgan fingerprint density at radius 3 is 2.32 bits per heavy atom. The molecule has 4 N–H and O–H groups in total. The van der Waals surface area contributed by atoms with Crippen molar-refractivity contribution < 1.29 is 34.6 Å². The van der Waals surface area contributed by atoms with Crippen LogP contribution >= 0.6 is 0 Å². The van der Waals surface area contributed by atoms with E-state index in [1.807, 2.05) is 0 Å². The Bertz CT molecular complexity index is 792. The number of aliphatic hydroxyl groups excluding tert-OH is 2. The fraction of sp³-hybridized carbons (Fsp3) is 1.00. The molecule has 6 rings (SSSR count). The summed E-state index contributed by atoms with van der Waals surface area (Å²) in [7, 11) is 5.04. The van der Waals surface area contributed by atoms with Crippen molar-refractivity contribution in [3.63, 3.8) is 0 Å².